The predicted octanol–water partition coefficient (Wildman–Crippen LogP) is 2.23. The molecule has 3 rings (SSSR count). The molecule has 23 heavy (non-hydrogen) atoms. The first-order valence-electron chi connectivity index (χ1n) is 7.45. The van der Waals surface area contributed by atoms with Crippen LogP contribution in [-0.4, -0.2) is 34.4 Å². The molecule has 0 aliphatic heterocycles. The largest absolute Gasteiger partial charge is 0.481 e. The van der Waals surface area contributed by atoms with Crippen LogP contribution in [0.2, 0.25) is 0 Å². The fourth-order valence-corrected chi connectivity index (χ4v) is 3.14. The van der Waals surface area contributed by atoms with E-state index in [9.17, 15) is 10.0 Å². The third-order valence-corrected chi connectivity index (χ3v) is 4.24. The summed E-state index contributed by atoms with van der Waals surface area (Å²) >= 11 is 0. The molecule has 3 N–H and O–H groups in total. The molecule has 1 fully saturated rings. The molecule has 0 saturated heterocycles. The number of urea groups is 1. The molecule has 0 aromatic carbocycles. The van der Waals surface area contributed by atoms with Crippen molar-refractivity contribution < 1.29 is 19.5 Å². The molecule has 1 aromatic heterocycles. The number of amides is 2. The average molecular weight is 317 g/mol. The summed E-state index contributed by atoms with van der Waals surface area (Å²) in [5, 5.41) is 10.4. The quantitative estimate of drug-likeness (QED) is 0.655. The maximum Gasteiger partial charge on any atom is 0.338 e. The Morgan fingerprint density at radius 1 is 1.43 bits per heavy atom. The summed E-state index contributed by atoms with van der Waals surface area (Å²) in [5.74, 6) is 1.74. The van der Waals surface area contributed by atoms with Crippen LogP contribution in [0.25, 0.3) is 0 Å². The molecule has 1 saturated carbocycles. The van der Waals surface area contributed by atoms with Crippen LogP contribution >= 0.6 is 0 Å². The Morgan fingerprint density at radius 3 is 2.96 bits per heavy atom. The topological polar surface area (TPSA) is 97.9 Å². The molecule has 2 unspecified atom stereocenters. The van der Waals surface area contributed by atoms with E-state index in [1.54, 1.807) is 19.2 Å². The number of nitrogens with two attached hydrogens (primary N) is 1. The van der Waals surface area contributed by atoms with Gasteiger partial charge in [-0.25, -0.2) is 9.86 Å². The van der Waals surface area contributed by atoms with Gasteiger partial charge in [-0.05, 0) is 31.4 Å². The van der Waals surface area contributed by atoms with E-state index >= 15 is 0 Å². The fourth-order valence-electron chi connectivity index (χ4n) is 3.14. The van der Waals surface area contributed by atoms with Crippen molar-refractivity contribution >= 4 is 6.03 Å². The molecule has 7 heteroatoms. The number of fused-ring (bicyclic) bond motifs is 1. The molecular formula is C16H19N3O4. The maximum atomic E-state index is 11.1. The predicted molar refractivity (Wildman–Crippen MR) is 81.9 cm³/mol. The number of carbonyl (C=O) groups excluding carboxylic acids is 1. The van der Waals surface area contributed by atoms with Crippen molar-refractivity contribution in [1.82, 2.24) is 10.0 Å². The molecule has 2 aliphatic carbocycles. The summed E-state index contributed by atoms with van der Waals surface area (Å²) < 4.78 is 10.8. The standard InChI is InChI=1S/C16H19N3O4/c1-22-14-3-2-4-15(18-14)23-11-6-7-12-10(9-11)5-8-13(12)19(21)16(17)20/h2-4,6,9,12-13,21H,5,7-8H2,1H3,(H2,17,20). The van der Waals surface area contributed by atoms with Crippen molar-refractivity contribution in [3.8, 4) is 11.8 Å². The maximum absolute atomic E-state index is 11.1. The number of hydrogen-bond donors (Lipinski definition) is 2. The molecule has 2 aliphatic rings. The number of carbonyl (C=O) groups is 1. The van der Waals surface area contributed by atoms with Crippen LogP contribution in [0.15, 0.2) is 41.7 Å². The first-order valence-corrected chi connectivity index (χ1v) is 7.45. The minimum atomic E-state index is -0.817. The smallest absolute Gasteiger partial charge is 0.338 e. The van der Waals surface area contributed by atoms with E-state index in [4.69, 9.17) is 15.2 Å². The van der Waals surface area contributed by atoms with Gasteiger partial charge in [0, 0.05) is 18.1 Å². The number of ether oxygens (including phenoxy) is 2. The van der Waals surface area contributed by atoms with Crippen LogP contribution in [0.3, 0.4) is 0 Å². The fraction of sp³-hybridized carbons (Fsp3) is 0.375. The Morgan fingerprint density at radius 2 is 2.22 bits per heavy atom. The van der Waals surface area contributed by atoms with E-state index < -0.39 is 6.03 Å². The lowest BCUT2D eigenvalue weighted by molar-refractivity contribution is -0.0829. The van der Waals surface area contributed by atoms with E-state index in [0.717, 1.165) is 12.0 Å². The van der Waals surface area contributed by atoms with Gasteiger partial charge in [-0.15, -0.1) is 0 Å². The lowest BCUT2D eigenvalue weighted by Crippen LogP contribution is -2.43. The lowest BCUT2D eigenvalue weighted by atomic mass is 9.91. The monoisotopic (exact) mass is 317 g/mol. The second-order valence-electron chi connectivity index (χ2n) is 5.58. The SMILES string of the molecule is COc1cccc(OC2=CCC3C(=C2)CCC3N(O)C(N)=O)n1. The molecule has 1 aromatic rings. The summed E-state index contributed by atoms with van der Waals surface area (Å²) in [6.45, 7) is 0. The zero-order valence-electron chi connectivity index (χ0n) is 12.8. The Bertz CT molecular complexity index is 671. The number of primary amides is 1. The first-order chi connectivity index (χ1) is 11.1. The summed E-state index contributed by atoms with van der Waals surface area (Å²) in [4.78, 5) is 15.4. The molecule has 2 amide bonds. The number of hydroxylamine groups is 2. The Hall–Kier alpha value is -2.54. The summed E-state index contributed by atoms with van der Waals surface area (Å²) in [7, 11) is 1.55. The molecule has 0 bridgehead atoms. The van der Waals surface area contributed by atoms with Crippen molar-refractivity contribution in [1.29, 1.82) is 0 Å². The molecule has 122 valence electrons. The van der Waals surface area contributed by atoms with Gasteiger partial charge in [0.25, 0.3) is 0 Å². The van der Waals surface area contributed by atoms with Gasteiger partial charge in [-0.1, -0.05) is 11.6 Å². The van der Waals surface area contributed by atoms with Crippen molar-refractivity contribution in [3.05, 3.63) is 41.7 Å². The number of rotatable bonds is 4. The molecular weight excluding hydrogens is 298 g/mol. The molecule has 0 spiro atoms. The Balaban J connectivity index is 1.71. The van der Waals surface area contributed by atoms with Crippen LogP contribution in [0.5, 0.6) is 11.8 Å². The number of aromatic nitrogens is 1. The second kappa shape index (κ2) is 6.29. The number of methoxy groups -OCH3 is 1. The van der Waals surface area contributed by atoms with E-state index in [0.29, 0.717) is 35.4 Å². The van der Waals surface area contributed by atoms with Crippen molar-refractivity contribution in [2.45, 2.75) is 25.3 Å². The summed E-state index contributed by atoms with van der Waals surface area (Å²) in [6.07, 6.45) is 6.05. The first kappa shape index (κ1) is 15.4. The van der Waals surface area contributed by atoms with E-state index in [1.807, 2.05) is 18.2 Å². The Kier molecular flexibility index (Phi) is 4.20. The number of hydrogen-bond acceptors (Lipinski definition) is 5. The second-order valence-corrected chi connectivity index (χ2v) is 5.58. The van der Waals surface area contributed by atoms with Gasteiger partial charge in [0.15, 0.2) is 0 Å². The van der Waals surface area contributed by atoms with Crippen LogP contribution in [0.4, 0.5) is 4.79 Å². The van der Waals surface area contributed by atoms with Crippen molar-refractivity contribution in [3.63, 3.8) is 0 Å². The van der Waals surface area contributed by atoms with Gasteiger partial charge < -0.3 is 15.2 Å². The molecule has 2 atom stereocenters. The van der Waals surface area contributed by atoms with E-state index in [2.05, 4.69) is 4.98 Å². The highest BCUT2D eigenvalue weighted by molar-refractivity contribution is 5.71. The van der Waals surface area contributed by atoms with E-state index in [1.165, 1.54) is 0 Å². The van der Waals surface area contributed by atoms with Gasteiger partial charge >= 0.3 is 6.03 Å². The van der Waals surface area contributed by atoms with E-state index in [-0.39, 0.29) is 12.0 Å². The van der Waals surface area contributed by atoms with Gasteiger partial charge in [-0.2, -0.15) is 4.98 Å². The average Bonchev–Trinajstić information content (AvgIpc) is 2.97. The van der Waals surface area contributed by atoms with Gasteiger partial charge in [0.05, 0.1) is 13.2 Å². The zero-order valence-corrected chi connectivity index (χ0v) is 12.8. The summed E-state index contributed by atoms with van der Waals surface area (Å²) in [6, 6.07) is 4.23. The normalized spacial score (nSPS) is 22.7. The van der Waals surface area contributed by atoms with Gasteiger partial charge in [0.2, 0.25) is 11.8 Å². The van der Waals surface area contributed by atoms with Gasteiger partial charge in [0.1, 0.15) is 5.76 Å². The highest BCUT2D eigenvalue weighted by Crippen LogP contribution is 2.40. The lowest BCUT2D eigenvalue weighted by Gasteiger charge is -2.27. The number of allylic oxidation sites excluding steroid dienone is 2. The summed E-state index contributed by atoms with van der Waals surface area (Å²) in [5.41, 5.74) is 6.30. The minimum absolute atomic E-state index is 0.0816. The van der Waals surface area contributed by atoms with Crippen LogP contribution < -0.4 is 15.2 Å². The highest BCUT2D eigenvalue weighted by atomic mass is 16.5. The molecule has 0 radical (unpaired) electrons. The third-order valence-electron chi connectivity index (χ3n) is 4.24. The third kappa shape index (κ3) is 3.14. The number of pyridine rings is 1. The van der Waals surface area contributed by atoms with Crippen LogP contribution in [0, 0.1) is 5.92 Å². The highest BCUT2D eigenvalue weighted by Gasteiger charge is 2.38. The molecule has 1 heterocycles. The number of nitrogens with zero attached hydrogens (tertiary/aromatic N) is 2. The van der Waals surface area contributed by atoms with Gasteiger partial charge in [-0.3, -0.25) is 5.21 Å². The van der Waals surface area contributed by atoms with Crippen LogP contribution in [-0.2, 0) is 0 Å². The molecule has 7 nitrogen and oxygen atoms in total. The van der Waals surface area contributed by atoms with Crippen molar-refractivity contribution in [2.75, 3.05) is 7.11 Å². The minimum Gasteiger partial charge on any atom is -0.481 e. The zero-order chi connectivity index (χ0) is 16.4. The Labute approximate surface area is 134 Å². The van der Waals surface area contributed by atoms with Crippen LogP contribution in [0.1, 0.15) is 19.3 Å². The van der Waals surface area contributed by atoms with Crippen molar-refractivity contribution in [2.24, 2.45) is 11.7 Å².